The summed E-state index contributed by atoms with van der Waals surface area (Å²) in [4.78, 5) is 19.0. The Morgan fingerprint density at radius 1 is 1.05 bits per heavy atom. The summed E-state index contributed by atoms with van der Waals surface area (Å²) in [6.45, 7) is 4.76. The number of hydrogen-bond donors (Lipinski definition) is 2. The standard InChI is InChI=1S/C30H31FN4O4/c1-19(2)21-5-3-20(4-6-21)18-39-24-7-8-25(26(31)15-24)27-28(22-9-11-32-12-10-22)33-35-14-13-34(16-23(37)17-36)30(38)29(27)35/h3-12,15,19,23,36-37H,13-14,16-18H2,1-2H3. The van der Waals surface area contributed by atoms with Gasteiger partial charge in [0.05, 0.1) is 19.3 Å². The number of fused-ring (bicyclic) bond motifs is 1. The molecule has 0 bridgehead atoms. The molecule has 0 saturated heterocycles. The van der Waals surface area contributed by atoms with Gasteiger partial charge in [-0.05, 0) is 41.3 Å². The van der Waals surface area contributed by atoms with Crippen molar-refractivity contribution in [2.24, 2.45) is 0 Å². The second kappa shape index (κ2) is 11.3. The number of rotatable bonds is 9. The van der Waals surface area contributed by atoms with Gasteiger partial charge in [-0.15, -0.1) is 0 Å². The molecule has 4 aromatic rings. The maximum Gasteiger partial charge on any atom is 0.272 e. The number of ether oxygens (including phenoxy) is 1. The molecule has 3 heterocycles. The quantitative estimate of drug-likeness (QED) is 0.335. The molecule has 0 spiro atoms. The molecule has 202 valence electrons. The summed E-state index contributed by atoms with van der Waals surface area (Å²) >= 11 is 0. The predicted molar refractivity (Wildman–Crippen MR) is 145 cm³/mol. The molecule has 1 aliphatic rings. The number of pyridine rings is 1. The highest BCUT2D eigenvalue weighted by atomic mass is 19.1. The van der Waals surface area contributed by atoms with E-state index in [1.54, 1.807) is 41.3 Å². The number of amides is 1. The Morgan fingerprint density at radius 2 is 1.79 bits per heavy atom. The Morgan fingerprint density at radius 3 is 2.46 bits per heavy atom. The average Bonchev–Trinajstić information content (AvgIpc) is 3.34. The zero-order valence-corrected chi connectivity index (χ0v) is 21.9. The van der Waals surface area contributed by atoms with Gasteiger partial charge in [0, 0.05) is 48.2 Å². The molecule has 1 aliphatic heterocycles. The number of hydrogen-bond acceptors (Lipinski definition) is 6. The van der Waals surface area contributed by atoms with E-state index in [4.69, 9.17) is 4.74 Å². The molecule has 9 heteroatoms. The van der Waals surface area contributed by atoms with E-state index in [-0.39, 0.29) is 23.7 Å². The monoisotopic (exact) mass is 530 g/mol. The zero-order chi connectivity index (χ0) is 27.5. The first-order valence-electron chi connectivity index (χ1n) is 13.0. The summed E-state index contributed by atoms with van der Waals surface area (Å²) in [6.07, 6.45) is 2.16. The Balaban J connectivity index is 1.48. The number of halogens is 1. The molecule has 1 unspecified atom stereocenters. The minimum absolute atomic E-state index is 0.0298. The van der Waals surface area contributed by atoms with Crippen LogP contribution in [0.3, 0.4) is 0 Å². The number of aliphatic hydroxyl groups is 2. The SMILES string of the molecule is CC(C)c1ccc(COc2ccc(-c3c(-c4ccncc4)nn4c3C(=O)N(CC(O)CO)CC4)c(F)c2)cc1. The molecule has 2 aromatic heterocycles. The number of nitrogens with zero attached hydrogens (tertiary/aromatic N) is 4. The summed E-state index contributed by atoms with van der Waals surface area (Å²) in [7, 11) is 0. The Bertz CT molecular complexity index is 1450. The van der Waals surface area contributed by atoms with E-state index in [0.29, 0.717) is 48.2 Å². The van der Waals surface area contributed by atoms with Gasteiger partial charge in [0.2, 0.25) is 0 Å². The van der Waals surface area contributed by atoms with E-state index in [1.807, 2.05) is 12.1 Å². The van der Waals surface area contributed by atoms with Gasteiger partial charge >= 0.3 is 0 Å². The van der Waals surface area contributed by atoms with Gasteiger partial charge in [-0.3, -0.25) is 14.5 Å². The van der Waals surface area contributed by atoms with E-state index in [2.05, 4.69) is 36.1 Å². The summed E-state index contributed by atoms with van der Waals surface area (Å²) < 4.78 is 23.2. The summed E-state index contributed by atoms with van der Waals surface area (Å²) in [5.41, 5.74) is 4.19. The van der Waals surface area contributed by atoms with Gasteiger partial charge in [0.25, 0.3) is 5.91 Å². The molecule has 8 nitrogen and oxygen atoms in total. The van der Waals surface area contributed by atoms with Crippen molar-refractivity contribution in [3.63, 3.8) is 0 Å². The van der Waals surface area contributed by atoms with Gasteiger partial charge in [-0.2, -0.15) is 5.10 Å². The normalized spacial score (nSPS) is 14.0. The van der Waals surface area contributed by atoms with Crippen LogP contribution >= 0.6 is 0 Å². The Kier molecular flexibility index (Phi) is 7.72. The van der Waals surface area contributed by atoms with Crippen LogP contribution in [0.4, 0.5) is 4.39 Å². The number of carbonyl (C=O) groups is 1. The van der Waals surface area contributed by atoms with Crippen LogP contribution < -0.4 is 4.74 Å². The number of β-amino-alcohol motifs (C(OH)–C–C–N with tert-alkyl or cyclic N) is 1. The lowest BCUT2D eigenvalue weighted by Crippen LogP contribution is -2.45. The molecule has 0 radical (unpaired) electrons. The molecule has 2 N–H and O–H groups in total. The highest BCUT2D eigenvalue weighted by Crippen LogP contribution is 2.38. The number of benzene rings is 2. The van der Waals surface area contributed by atoms with Crippen molar-refractivity contribution in [2.75, 3.05) is 19.7 Å². The van der Waals surface area contributed by atoms with Crippen LogP contribution in [0.25, 0.3) is 22.4 Å². The molecule has 1 atom stereocenters. The molecule has 1 amide bonds. The third-order valence-corrected chi connectivity index (χ3v) is 6.88. The van der Waals surface area contributed by atoms with Crippen molar-refractivity contribution in [2.45, 2.75) is 39.0 Å². The lowest BCUT2D eigenvalue weighted by atomic mass is 9.97. The van der Waals surface area contributed by atoms with Crippen LogP contribution in [0.2, 0.25) is 0 Å². The predicted octanol–water partition coefficient (Wildman–Crippen LogP) is 4.26. The lowest BCUT2D eigenvalue weighted by molar-refractivity contribution is 0.0406. The van der Waals surface area contributed by atoms with Crippen molar-refractivity contribution in [1.29, 1.82) is 0 Å². The van der Waals surface area contributed by atoms with Crippen molar-refractivity contribution >= 4 is 5.91 Å². The fourth-order valence-electron chi connectivity index (χ4n) is 4.71. The van der Waals surface area contributed by atoms with Crippen LogP contribution in [-0.4, -0.2) is 61.6 Å². The van der Waals surface area contributed by atoms with Crippen LogP contribution in [0, 0.1) is 5.82 Å². The molecular weight excluding hydrogens is 499 g/mol. The van der Waals surface area contributed by atoms with Gasteiger partial charge in [0.1, 0.15) is 29.6 Å². The first-order valence-corrected chi connectivity index (χ1v) is 13.0. The minimum atomic E-state index is -1.07. The van der Waals surface area contributed by atoms with Crippen LogP contribution in [0.1, 0.15) is 41.4 Å². The number of aliphatic hydroxyl groups excluding tert-OH is 2. The lowest BCUT2D eigenvalue weighted by Gasteiger charge is -2.29. The molecule has 39 heavy (non-hydrogen) atoms. The van der Waals surface area contributed by atoms with Crippen LogP contribution in [0.5, 0.6) is 5.75 Å². The second-order valence-corrected chi connectivity index (χ2v) is 9.95. The van der Waals surface area contributed by atoms with Gasteiger partial charge < -0.3 is 19.8 Å². The highest BCUT2D eigenvalue weighted by Gasteiger charge is 2.34. The average molecular weight is 531 g/mol. The third-order valence-electron chi connectivity index (χ3n) is 6.88. The maximum absolute atomic E-state index is 15.7. The maximum atomic E-state index is 15.7. The highest BCUT2D eigenvalue weighted by molar-refractivity contribution is 6.03. The van der Waals surface area contributed by atoms with Gasteiger partial charge in [0.15, 0.2) is 0 Å². The first-order chi connectivity index (χ1) is 18.9. The third kappa shape index (κ3) is 5.55. The number of carbonyl (C=O) groups excluding carboxylic acids is 1. The first kappa shape index (κ1) is 26.5. The van der Waals surface area contributed by atoms with Crippen LogP contribution in [0.15, 0.2) is 67.0 Å². The summed E-state index contributed by atoms with van der Waals surface area (Å²) in [5, 5.41) is 23.9. The Hall–Kier alpha value is -4.08. The second-order valence-electron chi connectivity index (χ2n) is 9.95. The summed E-state index contributed by atoms with van der Waals surface area (Å²) in [6, 6.07) is 16.3. The number of aromatic nitrogens is 3. The fourth-order valence-corrected chi connectivity index (χ4v) is 4.71. The Labute approximate surface area is 226 Å². The van der Waals surface area contributed by atoms with E-state index in [9.17, 15) is 15.0 Å². The molecule has 5 rings (SSSR count). The smallest absolute Gasteiger partial charge is 0.272 e. The minimum Gasteiger partial charge on any atom is -0.489 e. The molecule has 0 fully saturated rings. The fraction of sp³-hybridized carbons (Fsp3) is 0.300. The topological polar surface area (TPSA) is 101 Å². The van der Waals surface area contributed by atoms with Crippen LogP contribution in [-0.2, 0) is 13.2 Å². The molecule has 0 saturated carbocycles. The van der Waals surface area contributed by atoms with E-state index in [0.717, 1.165) is 5.56 Å². The van der Waals surface area contributed by atoms with Crippen molar-refractivity contribution < 1.29 is 24.1 Å². The molecular formula is C30H31FN4O4. The van der Waals surface area contributed by atoms with E-state index < -0.39 is 18.5 Å². The molecule has 0 aliphatic carbocycles. The van der Waals surface area contributed by atoms with Crippen molar-refractivity contribution in [3.8, 4) is 28.1 Å². The van der Waals surface area contributed by atoms with Crippen molar-refractivity contribution in [1.82, 2.24) is 19.7 Å². The van der Waals surface area contributed by atoms with Gasteiger partial charge in [-0.25, -0.2) is 4.39 Å². The van der Waals surface area contributed by atoms with E-state index in [1.165, 1.54) is 16.5 Å². The van der Waals surface area contributed by atoms with Gasteiger partial charge in [-0.1, -0.05) is 38.1 Å². The van der Waals surface area contributed by atoms with Crippen molar-refractivity contribution in [3.05, 3.63) is 89.6 Å². The summed E-state index contributed by atoms with van der Waals surface area (Å²) in [5.74, 6) is -0.128. The molecule has 2 aromatic carbocycles. The van der Waals surface area contributed by atoms with E-state index >= 15 is 4.39 Å². The zero-order valence-electron chi connectivity index (χ0n) is 21.9. The largest absolute Gasteiger partial charge is 0.489 e.